The molecule has 0 atom stereocenters. The van der Waals surface area contributed by atoms with Crippen LogP contribution >= 0.6 is 0 Å². The minimum Gasteiger partial charge on any atom is -0.478 e. The van der Waals surface area contributed by atoms with E-state index in [2.05, 4.69) is 15.3 Å². The highest BCUT2D eigenvalue weighted by Gasteiger charge is 2.19. The molecular formula is C13H21N3O2. The van der Waals surface area contributed by atoms with Gasteiger partial charge in [-0.15, -0.1) is 0 Å². The van der Waals surface area contributed by atoms with Crippen LogP contribution in [0.2, 0.25) is 0 Å². The Kier molecular flexibility index (Phi) is 4.36. The van der Waals surface area contributed by atoms with Gasteiger partial charge in [-0.1, -0.05) is 0 Å². The molecule has 18 heavy (non-hydrogen) atoms. The predicted molar refractivity (Wildman–Crippen MR) is 69.8 cm³/mol. The monoisotopic (exact) mass is 251 g/mol. The van der Waals surface area contributed by atoms with E-state index in [9.17, 15) is 5.11 Å². The molecule has 1 aliphatic rings. The average molecular weight is 251 g/mol. The largest absolute Gasteiger partial charge is 0.478 e. The van der Waals surface area contributed by atoms with Crippen molar-refractivity contribution in [3.05, 3.63) is 11.9 Å². The van der Waals surface area contributed by atoms with Crippen molar-refractivity contribution in [1.82, 2.24) is 9.97 Å². The van der Waals surface area contributed by atoms with Crippen molar-refractivity contribution < 1.29 is 9.84 Å². The van der Waals surface area contributed by atoms with E-state index in [0.29, 0.717) is 24.4 Å². The third-order valence-electron chi connectivity index (χ3n) is 3.16. The van der Waals surface area contributed by atoms with E-state index in [4.69, 9.17) is 4.74 Å². The Balaban J connectivity index is 2.00. The number of nitrogens with zero attached hydrogens (tertiary/aromatic N) is 2. The Labute approximate surface area is 108 Å². The predicted octanol–water partition coefficient (Wildman–Crippen LogP) is 1.90. The Hall–Kier alpha value is -1.36. The molecule has 0 bridgehead atoms. The molecule has 5 heteroatoms. The molecule has 1 fully saturated rings. The van der Waals surface area contributed by atoms with Crippen molar-refractivity contribution >= 4 is 5.82 Å². The van der Waals surface area contributed by atoms with E-state index in [1.807, 2.05) is 19.9 Å². The fraction of sp³-hybridized carbons (Fsp3) is 0.692. The van der Waals surface area contributed by atoms with Crippen molar-refractivity contribution in [2.75, 3.05) is 11.9 Å². The van der Waals surface area contributed by atoms with Gasteiger partial charge in [-0.05, 0) is 39.5 Å². The molecule has 0 radical (unpaired) electrons. The lowest BCUT2D eigenvalue weighted by molar-refractivity contribution is 0.126. The number of aromatic nitrogens is 2. The minimum atomic E-state index is -0.130. The molecule has 0 aromatic carbocycles. The lowest BCUT2D eigenvalue weighted by atomic mass is 9.93. The molecule has 0 unspecified atom stereocenters. The summed E-state index contributed by atoms with van der Waals surface area (Å²) in [5.74, 6) is 2.13. The molecule has 2 N–H and O–H groups in total. The van der Waals surface area contributed by atoms with Gasteiger partial charge in [0.1, 0.15) is 11.6 Å². The number of hydrogen-bond donors (Lipinski definition) is 2. The van der Waals surface area contributed by atoms with E-state index in [-0.39, 0.29) is 6.10 Å². The first kappa shape index (κ1) is 13.1. The topological polar surface area (TPSA) is 67.3 Å². The zero-order valence-electron chi connectivity index (χ0n) is 11.0. The van der Waals surface area contributed by atoms with E-state index in [1.54, 1.807) is 0 Å². The zero-order chi connectivity index (χ0) is 13.0. The molecule has 0 spiro atoms. The molecule has 1 aromatic heterocycles. The number of aliphatic hydroxyl groups excluding tert-OH is 1. The summed E-state index contributed by atoms with van der Waals surface area (Å²) < 4.78 is 5.40. The summed E-state index contributed by atoms with van der Waals surface area (Å²) >= 11 is 0. The smallest absolute Gasteiger partial charge is 0.218 e. The van der Waals surface area contributed by atoms with Gasteiger partial charge in [0, 0.05) is 12.1 Å². The summed E-state index contributed by atoms with van der Waals surface area (Å²) in [6, 6.07) is 2.22. The highest BCUT2D eigenvalue weighted by molar-refractivity contribution is 5.39. The molecule has 5 nitrogen and oxygen atoms in total. The van der Waals surface area contributed by atoms with Gasteiger partial charge in [0.2, 0.25) is 5.88 Å². The molecule has 1 aromatic rings. The van der Waals surface area contributed by atoms with Crippen molar-refractivity contribution in [3.63, 3.8) is 0 Å². The Morgan fingerprint density at radius 2 is 2.06 bits per heavy atom. The third kappa shape index (κ3) is 3.57. The second-order valence-corrected chi connectivity index (χ2v) is 4.72. The van der Waals surface area contributed by atoms with Gasteiger partial charge in [0.05, 0.1) is 12.7 Å². The van der Waals surface area contributed by atoms with Gasteiger partial charge >= 0.3 is 0 Å². The lowest BCUT2D eigenvalue weighted by Gasteiger charge is -2.26. The first-order valence-corrected chi connectivity index (χ1v) is 6.60. The van der Waals surface area contributed by atoms with E-state index >= 15 is 0 Å². The third-order valence-corrected chi connectivity index (χ3v) is 3.16. The highest BCUT2D eigenvalue weighted by atomic mass is 16.5. The van der Waals surface area contributed by atoms with Crippen LogP contribution in [0.4, 0.5) is 5.82 Å². The van der Waals surface area contributed by atoms with Crippen LogP contribution in [-0.2, 0) is 0 Å². The van der Waals surface area contributed by atoms with Gasteiger partial charge in [0.15, 0.2) is 0 Å². The number of aliphatic hydroxyl groups is 1. The van der Waals surface area contributed by atoms with Gasteiger partial charge in [-0.2, -0.15) is 4.98 Å². The summed E-state index contributed by atoms with van der Waals surface area (Å²) in [5, 5.41) is 12.9. The standard InChI is InChI=1S/C13H21N3O2/c1-3-18-13-8-12(14-9(2)15-13)16-10-4-6-11(17)7-5-10/h8,10-11,17H,3-7H2,1-2H3,(H,14,15,16). The van der Waals surface area contributed by atoms with Crippen LogP contribution in [0, 0.1) is 6.92 Å². The summed E-state index contributed by atoms with van der Waals surface area (Å²) in [6.07, 6.45) is 3.55. The van der Waals surface area contributed by atoms with Crippen LogP contribution in [-0.4, -0.2) is 33.8 Å². The summed E-state index contributed by atoms with van der Waals surface area (Å²) in [5.41, 5.74) is 0. The number of aryl methyl sites for hydroxylation is 1. The van der Waals surface area contributed by atoms with Crippen LogP contribution in [0.15, 0.2) is 6.07 Å². The van der Waals surface area contributed by atoms with Crippen LogP contribution in [0.3, 0.4) is 0 Å². The second kappa shape index (κ2) is 6.00. The minimum absolute atomic E-state index is 0.130. The molecule has 1 saturated carbocycles. The highest BCUT2D eigenvalue weighted by Crippen LogP contribution is 2.22. The molecule has 0 saturated heterocycles. The van der Waals surface area contributed by atoms with Gasteiger partial charge in [0.25, 0.3) is 0 Å². The first-order valence-electron chi connectivity index (χ1n) is 6.60. The maximum atomic E-state index is 9.48. The van der Waals surface area contributed by atoms with Crippen molar-refractivity contribution in [1.29, 1.82) is 0 Å². The second-order valence-electron chi connectivity index (χ2n) is 4.72. The lowest BCUT2D eigenvalue weighted by Crippen LogP contribution is -2.28. The Morgan fingerprint density at radius 3 is 2.72 bits per heavy atom. The summed E-state index contributed by atoms with van der Waals surface area (Å²) in [7, 11) is 0. The maximum absolute atomic E-state index is 9.48. The van der Waals surface area contributed by atoms with Crippen molar-refractivity contribution in [2.45, 2.75) is 51.7 Å². The van der Waals surface area contributed by atoms with Crippen LogP contribution < -0.4 is 10.1 Å². The van der Waals surface area contributed by atoms with E-state index < -0.39 is 0 Å². The van der Waals surface area contributed by atoms with Crippen LogP contribution in [0.25, 0.3) is 0 Å². The van der Waals surface area contributed by atoms with Gasteiger partial charge in [-0.3, -0.25) is 0 Å². The quantitative estimate of drug-likeness (QED) is 0.855. The molecule has 1 aliphatic carbocycles. The molecular weight excluding hydrogens is 230 g/mol. The number of hydrogen-bond acceptors (Lipinski definition) is 5. The Morgan fingerprint density at radius 1 is 1.33 bits per heavy atom. The number of ether oxygens (including phenoxy) is 1. The van der Waals surface area contributed by atoms with Gasteiger partial charge < -0.3 is 15.2 Å². The number of rotatable bonds is 4. The summed E-state index contributed by atoms with van der Waals surface area (Å²) in [4.78, 5) is 8.58. The number of anilines is 1. The summed E-state index contributed by atoms with van der Waals surface area (Å²) in [6.45, 7) is 4.40. The van der Waals surface area contributed by atoms with Crippen molar-refractivity contribution in [2.24, 2.45) is 0 Å². The Bertz CT molecular complexity index is 390. The van der Waals surface area contributed by atoms with Crippen molar-refractivity contribution in [3.8, 4) is 5.88 Å². The average Bonchev–Trinajstić information content (AvgIpc) is 2.32. The SMILES string of the molecule is CCOc1cc(NC2CCC(O)CC2)nc(C)n1. The first-order chi connectivity index (χ1) is 8.67. The molecule has 2 rings (SSSR count). The fourth-order valence-corrected chi connectivity index (χ4v) is 2.27. The van der Waals surface area contributed by atoms with E-state index in [0.717, 1.165) is 31.5 Å². The molecule has 1 heterocycles. The van der Waals surface area contributed by atoms with Crippen LogP contribution in [0.1, 0.15) is 38.4 Å². The maximum Gasteiger partial charge on any atom is 0.218 e. The normalized spacial score (nSPS) is 23.7. The van der Waals surface area contributed by atoms with E-state index in [1.165, 1.54) is 0 Å². The van der Waals surface area contributed by atoms with Crippen LogP contribution in [0.5, 0.6) is 5.88 Å². The zero-order valence-corrected chi connectivity index (χ0v) is 11.0. The number of nitrogens with one attached hydrogen (secondary N) is 1. The molecule has 0 aliphatic heterocycles. The van der Waals surface area contributed by atoms with Gasteiger partial charge in [-0.25, -0.2) is 4.98 Å². The fourth-order valence-electron chi connectivity index (χ4n) is 2.27. The molecule has 0 amide bonds. The molecule has 100 valence electrons.